The highest BCUT2D eigenvalue weighted by Gasteiger charge is 2.43. The van der Waals surface area contributed by atoms with Gasteiger partial charge in [-0.15, -0.1) is 0 Å². The van der Waals surface area contributed by atoms with Gasteiger partial charge in [0.15, 0.2) is 5.92 Å². The van der Waals surface area contributed by atoms with Crippen molar-refractivity contribution in [2.75, 3.05) is 34.5 Å². The van der Waals surface area contributed by atoms with E-state index in [1.54, 1.807) is 0 Å². The highest BCUT2D eigenvalue weighted by atomic mass is 16.5. The topological polar surface area (TPSA) is 117 Å². The summed E-state index contributed by atoms with van der Waals surface area (Å²) in [4.78, 5) is 48.1. The quantitative estimate of drug-likeness (QED) is 0.365. The lowest BCUT2D eigenvalue weighted by Gasteiger charge is -2.27. The molecule has 0 aromatic heterocycles. The van der Waals surface area contributed by atoms with Crippen LogP contribution < -0.4 is 5.32 Å². The van der Waals surface area contributed by atoms with Gasteiger partial charge in [0.2, 0.25) is 5.91 Å². The lowest BCUT2D eigenvalue weighted by atomic mass is 9.87. The molecule has 1 aliphatic rings. The monoisotopic (exact) mass is 345 g/mol. The molecular weight excluding hydrogens is 322 g/mol. The molecule has 136 valence electrons. The Balaban J connectivity index is 2.98. The first-order valence-corrected chi connectivity index (χ1v) is 7.48. The highest BCUT2D eigenvalue weighted by Crippen LogP contribution is 2.21. The summed E-state index contributed by atoms with van der Waals surface area (Å²) in [5, 5.41) is 2.54. The predicted octanol–water partition coefficient (Wildman–Crippen LogP) is -0.721. The van der Waals surface area contributed by atoms with Crippen molar-refractivity contribution in [3.63, 3.8) is 0 Å². The average molecular weight is 345 g/mol. The Morgan fingerprint density at radius 2 is 1.54 bits per heavy atom. The van der Waals surface area contributed by atoms with Crippen LogP contribution >= 0.6 is 0 Å². The molecule has 0 unspecified atom stereocenters. The van der Waals surface area contributed by atoms with Gasteiger partial charge in [0.05, 0.1) is 33.9 Å². The van der Waals surface area contributed by atoms with E-state index in [2.05, 4.69) is 19.5 Å². The highest BCUT2D eigenvalue weighted by molar-refractivity contribution is 5.96. The molecule has 1 fully saturated rings. The average Bonchev–Trinajstić information content (AvgIpc) is 3.12. The number of methoxy groups -OCH3 is 3. The fraction of sp³-hybridized carbons (Fsp3) is 0.733. The van der Waals surface area contributed by atoms with Crippen molar-refractivity contribution in [3.05, 3.63) is 0 Å². The van der Waals surface area contributed by atoms with Gasteiger partial charge in [0.25, 0.3) is 0 Å². The zero-order valence-corrected chi connectivity index (χ0v) is 14.2. The minimum Gasteiger partial charge on any atom is -0.468 e. The molecule has 0 spiro atoms. The largest absolute Gasteiger partial charge is 0.468 e. The van der Waals surface area contributed by atoms with E-state index in [9.17, 15) is 19.2 Å². The molecule has 1 rings (SSSR count). The molecule has 1 amide bonds. The minimum atomic E-state index is -1.37. The van der Waals surface area contributed by atoms with Crippen LogP contribution in [0.4, 0.5) is 0 Å². The van der Waals surface area contributed by atoms with Gasteiger partial charge in [-0.3, -0.25) is 14.4 Å². The van der Waals surface area contributed by atoms with Crippen LogP contribution in [-0.4, -0.2) is 64.4 Å². The van der Waals surface area contributed by atoms with Crippen LogP contribution in [0.3, 0.4) is 0 Å². The molecule has 1 saturated heterocycles. The number of ether oxygens (including phenoxy) is 4. The van der Waals surface area contributed by atoms with Gasteiger partial charge < -0.3 is 24.3 Å². The number of hydrogen-bond acceptors (Lipinski definition) is 8. The van der Waals surface area contributed by atoms with Crippen LogP contribution in [0.2, 0.25) is 0 Å². The Hall–Kier alpha value is -2.16. The van der Waals surface area contributed by atoms with Gasteiger partial charge in [0, 0.05) is 12.5 Å². The van der Waals surface area contributed by atoms with E-state index in [-0.39, 0.29) is 12.5 Å². The van der Waals surface area contributed by atoms with Gasteiger partial charge in [-0.2, -0.15) is 0 Å². The molecule has 9 nitrogen and oxygen atoms in total. The van der Waals surface area contributed by atoms with Crippen LogP contribution in [0, 0.1) is 17.8 Å². The summed E-state index contributed by atoms with van der Waals surface area (Å²) in [5.74, 6) is -5.58. The van der Waals surface area contributed by atoms with Crippen molar-refractivity contribution < 1.29 is 38.1 Å². The second kappa shape index (κ2) is 9.21. The molecular formula is C15H23NO8. The Bertz CT molecular complexity index is 470. The second-order valence-electron chi connectivity index (χ2n) is 5.45. The molecule has 1 aliphatic heterocycles. The van der Waals surface area contributed by atoms with Crippen molar-refractivity contribution in [1.82, 2.24) is 5.32 Å². The van der Waals surface area contributed by atoms with Gasteiger partial charge in [0.1, 0.15) is 6.04 Å². The molecule has 24 heavy (non-hydrogen) atoms. The first-order valence-electron chi connectivity index (χ1n) is 7.48. The fourth-order valence-electron chi connectivity index (χ4n) is 2.52. The number of esters is 3. The second-order valence-corrected chi connectivity index (χ2v) is 5.45. The summed E-state index contributed by atoms with van der Waals surface area (Å²) >= 11 is 0. The Morgan fingerprint density at radius 3 is 1.96 bits per heavy atom. The van der Waals surface area contributed by atoms with Crippen LogP contribution in [-0.2, 0) is 38.1 Å². The van der Waals surface area contributed by atoms with Crippen LogP contribution in [0.25, 0.3) is 0 Å². The number of carbonyl (C=O) groups excluding carboxylic acids is 4. The van der Waals surface area contributed by atoms with Gasteiger partial charge in [-0.05, 0) is 6.42 Å². The van der Waals surface area contributed by atoms with Crippen LogP contribution in [0.1, 0.15) is 13.3 Å². The van der Waals surface area contributed by atoms with E-state index in [1.807, 2.05) is 0 Å². The molecule has 0 radical (unpaired) electrons. The van der Waals surface area contributed by atoms with E-state index in [1.165, 1.54) is 6.92 Å². The number of rotatable bonds is 7. The van der Waals surface area contributed by atoms with Gasteiger partial charge in [-0.1, -0.05) is 6.92 Å². The number of nitrogens with one attached hydrogen (secondary N) is 1. The predicted molar refractivity (Wildman–Crippen MR) is 79.6 cm³/mol. The molecule has 9 heteroatoms. The maximum absolute atomic E-state index is 12.3. The van der Waals surface area contributed by atoms with Crippen molar-refractivity contribution in [2.24, 2.45) is 17.8 Å². The lowest BCUT2D eigenvalue weighted by Crippen LogP contribution is -2.52. The minimum absolute atomic E-state index is 0.255. The standard InChI is InChI=1S/C15H23NO8/c1-8(10(13(18)21-2)14(19)22-3)11(15(20)23-4)16-12(17)9-5-6-24-7-9/h8-11H,5-7H2,1-4H3,(H,16,17)/t8-,9+,11-/m1/s1. The summed E-state index contributed by atoms with van der Waals surface area (Å²) < 4.78 is 19.0. The van der Waals surface area contributed by atoms with E-state index < -0.39 is 41.7 Å². The number of carbonyl (C=O) groups is 4. The zero-order valence-electron chi connectivity index (χ0n) is 14.2. The zero-order chi connectivity index (χ0) is 18.3. The van der Waals surface area contributed by atoms with Crippen LogP contribution in [0.15, 0.2) is 0 Å². The smallest absolute Gasteiger partial charge is 0.328 e. The number of hydrogen-bond donors (Lipinski definition) is 1. The molecule has 1 N–H and O–H groups in total. The van der Waals surface area contributed by atoms with E-state index in [0.717, 1.165) is 21.3 Å². The Labute approximate surface area is 139 Å². The molecule has 3 atom stereocenters. The van der Waals surface area contributed by atoms with E-state index >= 15 is 0 Å². The summed E-state index contributed by atoms with van der Waals surface area (Å²) in [6.45, 7) is 2.18. The molecule has 1 heterocycles. The third-order valence-electron chi connectivity index (χ3n) is 4.02. The van der Waals surface area contributed by atoms with Crippen LogP contribution in [0.5, 0.6) is 0 Å². The van der Waals surface area contributed by atoms with Gasteiger partial charge in [-0.25, -0.2) is 4.79 Å². The summed E-state index contributed by atoms with van der Waals surface area (Å²) in [5.41, 5.74) is 0. The Kier molecular flexibility index (Phi) is 7.63. The third kappa shape index (κ3) is 4.67. The maximum atomic E-state index is 12.3. The van der Waals surface area contributed by atoms with E-state index in [4.69, 9.17) is 4.74 Å². The number of amides is 1. The molecule has 0 bridgehead atoms. The molecule has 0 saturated carbocycles. The third-order valence-corrected chi connectivity index (χ3v) is 4.02. The van der Waals surface area contributed by atoms with Gasteiger partial charge >= 0.3 is 17.9 Å². The molecule has 0 aromatic carbocycles. The maximum Gasteiger partial charge on any atom is 0.328 e. The Morgan fingerprint density at radius 1 is 1.00 bits per heavy atom. The van der Waals surface area contributed by atoms with Crippen molar-refractivity contribution in [2.45, 2.75) is 19.4 Å². The molecule has 0 aliphatic carbocycles. The summed E-state index contributed by atoms with van der Waals surface area (Å²) in [7, 11) is 3.39. The molecule has 0 aromatic rings. The summed E-state index contributed by atoms with van der Waals surface area (Å²) in [6.07, 6.45) is 0.533. The fourth-order valence-corrected chi connectivity index (χ4v) is 2.52. The van der Waals surface area contributed by atoms with E-state index in [0.29, 0.717) is 13.0 Å². The van der Waals surface area contributed by atoms with Crippen molar-refractivity contribution >= 4 is 23.8 Å². The van der Waals surface area contributed by atoms with Crippen molar-refractivity contribution in [1.29, 1.82) is 0 Å². The normalized spacial score (nSPS) is 19.3. The lowest BCUT2D eigenvalue weighted by molar-refractivity contribution is -0.163. The van der Waals surface area contributed by atoms with Crippen molar-refractivity contribution in [3.8, 4) is 0 Å². The first kappa shape index (κ1) is 19.9. The first-order chi connectivity index (χ1) is 11.4. The summed E-state index contributed by atoms with van der Waals surface area (Å²) in [6, 6.07) is -1.20. The SMILES string of the molecule is COC(=O)C(C(=O)OC)[C@@H](C)[C@@H](NC(=O)[C@H]1CCOC1)C(=O)OC.